The minimum Gasteiger partial charge on any atom is -0.398 e. The highest BCUT2D eigenvalue weighted by Gasteiger charge is 2.44. The second-order valence-corrected chi connectivity index (χ2v) is 5.54. The van der Waals surface area contributed by atoms with Gasteiger partial charge in [-0.2, -0.15) is 0 Å². The third-order valence-corrected chi connectivity index (χ3v) is 3.76. The normalized spacial score (nSPS) is 20.9. The van der Waals surface area contributed by atoms with E-state index in [9.17, 15) is 9.59 Å². The van der Waals surface area contributed by atoms with E-state index in [0.29, 0.717) is 25.2 Å². The zero-order chi connectivity index (χ0) is 14.9. The predicted molar refractivity (Wildman–Crippen MR) is 78.2 cm³/mol. The smallest absolute Gasteiger partial charge is 0.219 e. The number of aldehydes is 1. The van der Waals surface area contributed by atoms with Crippen LogP contribution in [0, 0.1) is 0 Å². The summed E-state index contributed by atoms with van der Waals surface area (Å²) in [5.74, 6) is -0.439. The van der Waals surface area contributed by atoms with Gasteiger partial charge in [0.05, 0.1) is 6.67 Å². The maximum absolute atomic E-state index is 11.9. The highest BCUT2D eigenvalue weighted by Crippen LogP contribution is 2.30. The molecule has 0 saturated carbocycles. The molecule has 0 aromatic heterocycles. The molecule has 5 N–H and O–H groups in total. The van der Waals surface area contributed by atoms with Crippen LogP contribution >= 0.6 is 0 Å². The first-order chi connectivity index (χ1) is 9.40. The van der Waals surface area contributed by atoms with Gasteiger partial charge in [-0.25, -0.2) is 0 Å². The van der Waals surface area contributed by atoms with Gasteiger partial charge >= 0.3 is 0 Å². The van der Waals surface area contributed by atoms with Gasteiger partial charge in [-0.3, -0.25) is 14.9 Å². The van der Waals surface area contributed by atoms with E-state index in [2.05, 4.69) is 5.32 Å². The second kappa shape index (κ2) is 5.22. The van der Waals surface area contributed by atoms with Gasteiger partial charge in [-0.1, -0.05) is 0 Å². The minimum absolute atomic E-state index is 0.330. The molecule has 1 aromatic rings. The molecule has 0 amide bonds. The van der Waals surface area contributed by atoms with Crippen LogP contribution in [0.3, 0.4) is 0 Å². The molecule has 1 aromatic carbocycles. The Kier molecular flexibility index (Phi) is 3.78. The van der Waals surface area contributed by atoms with Crippen molar-refractivity contribution in [2.24, 2.45) is 5.73 Å². The highest BCUT2D eigenvalue weighted by atomic mass is 16.2. The average molecular weight is 276 g/mol. The van der Waals surface area contributed by atoms with Crippen LogP contribution in [0.4, 0.5) is 11.4 Å². The number of nitrogens with two attached hydrogens (primary N) is 2. The van der Waals surface area contributed by atoms with Gasteiger partial charge in [0.15, 0.2) is 6.29 Å². The second-order valence-electron chi connectivity index (χ2n) is 5.54. The standard InChI is InChI=1S/C14H20N4O2/c1-14(2)13(12(20)7-19)18(8-17-14)10-3-4-11(16)9(5-10)6-15/h3-5,7,13,17H,6,8,15-16H2,1-2H3. The van der Waals surface area contributed by atoms with Crippen LogP contribution in [0.15, 0.2) is 18.2 Å². The molecule has 1 fully saturated rings. The number of rotatable bonds is 4. The van der Waals surface area contributed by atoms with Crippen LogP contribution in [0.1, 0.15) is 19.4 Å². The summed E-state index contributed by atoms with van der Waals surface area (Å²) in [4.78, 5) is 24.7. The largest absolute Gasteiger partial charge is 0.398 e. The number of benzene rings is 1. The van der Waals surface area contributed by atoms with Crippen molar-refractivity contribution in [1.29, 1.82) is 0 Å². The van der Waals surface area contributed by atoms with Crippen molar-refractivity contribution in [2.45, 2.75) is 32.0 Å². The van der Waals surface area contributed by atoms with Gasteiger partial charge in [0.25, 0.3) is 0 Å². The molecule has 1 aliphatic heterocycles. The molecular weight excluding hydrogens is 256 g/mol. The number of anilines is 2. The van der Waals surface area contributed by atoms with Crippen LogP contribution in [-0.4, -0.2) is 30.3 Å². The van der Waals surface area contributed by atoms with Crippen molar-refractivity contribution in [3.63, 3.8) is 0 Å². The van der Waals surface area contributed by atoms with Crippen LogP contribution in [0.2, 0.25) is 0 Å². The fraction of sp³-hybridized carbons (Fsp3) is 0.429. The Morgan fingerprint density at radius 2 is 2.25 bits per heavy atom. The molecule has 0 bridgehead atoms. The summed E-state index contributed by atoms with van der Waals surface area (Å²) in [5.41, 5.74) is 13.3. The Hall–Kier alpha value is -1.92. The van der Waals surface area contributed by atoms with Gasteiger partial charge in [-0.05, 0) is 37.6 Å². The Labute approximate surface area is 118 Å². The summed E-state index contributed by atoms with van der Waals surface area (Å²) in [6.07, 6.45) is 0.383. The van der Waals surface area contributed by atoms with Crippen molar-refractivity contribution in [1.82, 2.24) is 5.32 Å². The van der Waals surface area contributed by atoms with Crippen LogP contribution < -0.4 is 21.7 Å². The summed E-state index contributed by atoms with van der Waals surface area (Å²) in [5, 5.41) is 3.25. The third-order valence-electron chi connectivity index (χ3n) is 3.76. The van der Waals surface area contributed by atoms with E-state index in [-0.39, 0.29) is 0 Å². The average Bonchev–Trinajstić information content (AvgIpc) is 2.74. The monoisotopic (exact) mass is 276 g/mol. The topological polar surface area (TPSA) is 101 Å². The lowest BCUT2D eigenvalue weighted by molar-refractivity contribution is -0.131. The zero-order valence-electron chi connectivity index (χ0n) is 11.7. The number of hydrogen-bond donors (Lipinski definition) is 3. The van der Waals surface area contributed by atoms with Crippen LogP contribution in [0.25, 0.3) is 0 Å². The molecule has 1 saturated heterocycles. The molecule has 20 heavy (non-hydrogen) atoms. The Morgan fingerprint density at radius 1 is 1.55 bits per heavy atom. The van der Waals surface area contributed by atoms with E-state index in [0.717, 1.165) is 11.3 Å². The number of ketones is 1. The summed E-state index contributed by atoms with van der Waals surface area (Å²) in [6, 6.07) is 4.94. The predicted octanol–water partition coefficient (Wildman–Crippen LogP) is 0.00980. The zero-order valence-corrected chi connectivity index (χ0v) is 11.7. The molecule has 0 spiro atoms. The molecule has 0 radical (unpaired) electrons. The Bertz CT molecular complexity index is 542. The first kappa shape index (κ1) is 14.5. The number of carbonyl (C=O) groups excluding carboxylic acids is 2. The number of nitrogens with one attached hydrogen (secondary N) is 1. The van der Waals surface area contributed by atoms with E-state index in [4.69, 9.17) is 11.5 Å². The first-order valence-electron chi connectivity index (χ1n) is 6.50. The summed E-state index contributed by atoms with van der Waals surface area (Å²) >= 11 is 0. The molecular formula is C14H20N4O2. The molecule has 1 atom stereocenters. The van der Waals surface area contributed by atoms with Crippen molar-refractivity contribution in [2.75, 3.05) is 17.3 Å². The summed E-state index contributed by atoms with van der Waals surface area (Å²) < 4.78 is 0. The number of Topliss-reactive ketones (excluding diaryl/α,β-unsaturated/α-hetero) is 1. The highest BCUT2D eigenvalue weighted by molar-refractivity contribution is 6.28. The number of hydrogen-bond acceptors (Lipinski definition) is 6. The summed E-state index contributed by atoms with van der Waals surface area (Å²) in [7, 11) is 0. The van der Waals surface area contributed by atoms with Crippen molar-refractivity contribution in [3.05, 3.63) is 23.8 Å². The lowest BCUT2D eigenvalue weighted by atomic mass is 9.92. The van der Waals surface area contributed by atoms with E-state index < -0.39 is 17.4 Å². The van der Waals surface area contributed by atoms with Crippen molar-refractivity contribution < 1.29 is 9.59 Å². The first-order valence-corrected chi connectivity index (χ1v) is 6.50. The fourth-order valence-corrected chi connectivity index (χ4v) is 2.63. The van der Waals surface area contributed by atoms with Crippen LogP contribution in [-0.2, 0) is 16.1 Å². The maximum atomic E-state index is 11.9. The van der Waals surface area contributed by atoms with E-state index in [1.54, 1.807) is 6.07 Å². The number of nitrogen functional groups attached to an aromatic ring is 1. The van der Waals surface area contributed by atoms with Crippen molar-refractivity contribution >= 4 is 23.4 Å². The quantitative estimate of drug-likeness (QED) is 0.407. The van der Waals surface area contributed by atoms with Gasteiger partial charge in [0.2, 0.25) is 5.78 Å². The number of nitrogens with zero attached hydrogens (tertiary/aromatic N) is 1. The Balaban J connectivity index is 2.41. The van der Waals surface area contributed by atoms with E-state index in [1.807, 2.05) is 30.9 Å². The van der Waals surface area contributed by atoms with Crippen molar-refractivity contribution in [3.8, 4) is 0 Å². The third kappa shape index (κ3) is 2.39. The number of carbonyl (C=O) groups is 2. The lowest BCUT2D eigenvalue weighted by Crippen LogP contribution is -2.50. The summed E-state index contributed by atoms with van der Waals surface area (Å²) in [6.45, 7) is 4.63. The fourth-order valence-electron chi connectivity index (χ4n) is 2.63. The molecule has 0 aliphatic carbocycles. The van der Waals surface area contributed by atoms with Gasteiger partial charge < -0.3 is 16.4 Å². The van der Waals surface area contributed by atoms with Crippen LogP contribution in [0.5, 0.6) is 0 Å². The lowest BCUT2D eigenvalue weighted by Gasteiger charge is -2.30. The molecule has 6 nitrogen and oxygen atoms in total. The van der Waals surface area contributed by atoms with Gasteiger partial charge in [-0.15, -0.1) is 0 Å². The van der Waals surface area contributed by atoms with E-state index >= 15 is 0 Å². The minimum atomic E-state index is -0.533. The molecule has 108 valence electrons. The van der Waals surface area contributed by atoms with Gasteiger partial charge in [0, 0.05) is 23.5 Å². The molecule has 6 heteroatoms. The molecule has 1 unspecified atom stereocenters. The van der Waals surface area contributed by atoms with E-state index in [1.165, 1.54) is 0 Å². The van der Waals surface area contributed by atoms with Gasteiger partial charge in [0.1, 0.15) is 6.04 Å². The molecule has 1 aliphatic rings. The molecule has 2 rings (SSSR count). The SMILES string of the molecule is CC1(C)NCN(c2ccc(N)c(CN)c2)C1C(=O)C=O. The maximum Gasteiger partial charge on any atom is 0.219 e. The Morgan fingerprint density at radius 3 is 2.85 bits per heavy atom. The molecule has 1 heterocycles.